The molecule has 2 rings (SSSR count). The second-order valence-electron chi connectivity index (χ2n) is 8.93. The van der Waals surface area contributed by atoms with Gasteiger partial charge in [0.15, 0.2) is 0 Å². The van der Waals surface area contributed by atoms with Crippen LogP contribution in [-0.4, -0.2) is 81.6 Å². The molecular formula is C24H41N3O4. The number of aliphatic hydroxyl groups is 1. The first-order chi connectivity index (χ1) is 14.8. The molecule has 1 aromatic carbocycles. The molecule has 0 radical (unpaired) electrons. The maximum atomic E-state index is 13.8. The van der Waals surface area contributed by atoms with Crippen molar-refractivity contribution in [1.29, 1.82) is 0 Å². The van der Waals surface area contributed by atoms with E-state index in [1.54, 1.807) is 4.90 Å². The van der Waals surface area contributed by atoms with Gasteiger partial charge in [0.05, 0.1) is 30.4 Å². The van der Waals surface area contributed by atoms with Crippen LogP contribution < -0.4 is 15.0 Å². The fourth-order valence-corrected chi connectivity index (χ4v) is 3.88. The van der Waals surface area contributed by atoms with Gasteiger partial charge in [-0.2, -0.15) is 0 Å². The van der Waals surface area contributed by atoms with Crippen LogP contribution in [0.25, 0.3) is 0 Å². The minimum Gasteiger partial charge on any atom is -0.490 e. The van der Waals surface area contributed by atoms with Gasteiger partial charge in [0, 0.05) is 45.4 Å². The van der Waals surface area contributed by atoms with Crippen LogP contribution in [0.15, 0.2) is 18.2 Å². The molecule has 1 aliphatic rings. The number of aliphatic hydroxyl groups excluding tert-OH is 1. The van der Waals surface area contributed by atoms with Crippen LogP contribution in [0, 0.1) is 5.92 Å². The molecule has 1 aromatic rings. The van der Waals surface area contributed by atoms with Crippen molar-refractivity contribution in [1.82, 2.24) is 10.2 Å². The summed E-state index contributed by atoms with van der Waals surface area (Å²) in [4.78, 5) is 17.5. The van der Waals surface area contributed by atoms with E-state index in [4.69, 9.17) is 9.47 Å². The molecule has 2 N–H and O–H groups in total. The first-order valence-electron chi connectivity index (χ1n) is 11.4. The predicted octanol–water partition coefficient (Wildman–Crippen LogP) is 2.77. The van der Waals surface area contributed by atoms with Crippen molar-refractivity contribution in [3.63, 3.8) is 0 Å². The number of rotatable bonds is 5. The third kappa shape index (κ3) is 7.09. The summed E-state index contributed by atoms with van der Waals surface area (Å²) in [6.07, 6.45) is 2.87. The zero-order valence-electron chi connectivity index (χ0n) is 20.1. The number of carbonyl (C=O) groups is 1. The largest absolute Gasteiger partial charge is 0.490 e. The lowest BCUT2D eigenvalue weighted by atomic mass is 10.0. The average molecular weight is 436 g/mol. The Morgan fingerprint density at radius 1 is 1.29 bits per heavy atom. The van der Waals surface area contributed by atoms with Gasteiger partial charge in [0.2, 0.25) is 0 Å². The van der Waals surface area contributed by atoms with E-state index in [1.165, 1.54) is 0 Å². The van der Waals surface area contributed by atoms with E-state index >= 15 is 0 Å². The zero-order chi connectivity index (χ0) is 23.0. The smallest absolute Gasteiger partial charge is 0.258 e. The molecule has 176 valence electrons. The maximum Gasteiger partial charge on any atom is 0.258 e. The van der Waals surface area contributed by atoms with Crippen molar-refractivity contribution in [3.8, 4) is 5.75 Å². The molecule has 1 aliphatic heterocycles. The molecule has 0 bridgehead atoms. The van der Waals surface area contributed by atoms with Gasteiger partial charge in [-0.05, 0) is 58.4 Å². The zero-order valence-corrected chi connectivity index (χ0v) is 20.1. The van der Waals surface area contributed by atoms with Crippen molar-refractivity contribution >= 4 is 11.6 Å². The summed E-state index contributed by atoms with van der Waals surface area (Å²) in [5.74, 6) is 0.583. The molecule has 0 unspecified atom stereocenters. The third-order valence-corrected chi connectivity index (χ3v) is 5.96. The Balaban J connectivity index is 2.47. The molecule has 0 aromatic heterocycles. The van der Waals surface area contributed by atoms with Crippen LogP contribution in [0.5, 0.6) is 5.75 Å². The molecule has 0 aliphatic carbocycles. The highest BCUT2D eigenvalue weighted by Gasteiger charge is 2.29. The molecule has 4 atom stereocenters. The molecule has 0 saturated heterocycles. The summed E-state index contributed by atoms with van der Waals surface area (Å²) in [5, 5.41) is 13.1. The van der Waals surface area contributed by atoms with Gasteiger partial charge in [-0.15, -0.1) is 0 Å². The quantitative estimate of drug-likeness (QED) is 0.741. The minimum atomic E-state index is -0.314. The number of hydrogen-bond donors (Lipinski definition) is 2. The number of ether oxygens (including phenoxy) is 2. The molecular weight excluding hydrogens is 394 g/mol. The van der Waals surface area contributed by atoms with Gasteiger partial charge in [-0.3, -0.25) is 4.79 Å². The van der Waals surface area contributed by atoms with Crippen molar-refractivity contribution in [3.05, 3.63) is 23.8 Å². The average Bonchev–Trinajstić information content (AvgIpc) is 2.74. The second-order valence-corrected chi connectivity index (χ2v) is 8.93. The Bertz CT molecular complexity index is 697. The SMILES string of the molecule is CNC[C@@H]1OCCCC[C@@H](C)Oc2ccc(N(C)C)cc2C(=O)N([C@H](C)CO)C[C@H]1C. The first kappa shape index (κ1) is 25.4. The van der Waals surface area contributed by atoms with E-state index in [9.17, 15) is 9.90 Å². The molecule has 0 spiro atoms. The topological polar surface area (TPSA) is 74.3 Å². The Morgan fingerprint density at radius 2 is 2.03 bits per heavy atom. The van der Waals surface area contributed by atoms with Crippen LogP contribution in [0.1, 0.15) is 50.4 Å². The number of likely N-dealkylation sites (N-methyl/N-ethyl adjacent to an activating group) is 1. The summed E-state index contributed by atoms with van der Waals surface area (Å²) in [5.41, 5.74) is 1.47. The normalized spacial score (nSPS) is 24.7. The molecule has 0 fully saturated rings. The fourth-order valence-electron chi connectivity index (χ4n) is 3.88. The van der Waals surface area contributed by atoms with Crippen LogP contribution in [0.4, 0.5) is 5.69 Å². The van der Waals surface area contributed by atoms with E-state index in [2.05, 4.69) is 12.2 Å². The summed E-state index contributed by atoms with van der Waals surface area (Å²) >= 11 is 0. The van der Waals surface area contributed by atoms with Gasteiger partial charge in [0.25, 0.3) is 5.91 Å². The van der Waals surface area contributed by atoms with Crippen molar-refractivity contribution in [2.45, 2.75) is 58.3 Å². The fraction of sp³-hybridized carbons (Fsp3) is 0.708. The van der Waals surface area contributed by atoms with Gasteiger partial charge < -0.3 is 29.7 Å². The highest BCUT2D eigenvalue weighted by atomic mass is 16.5. The Labute approximate surface area is 187 Å². The standard InChI is InChI=1S/C24H41N3O4/c1-17-15-27(18(2)16-28)24(29)21-13-20(26(5)6)10-11-22(21)31-19(3)9-7-8-12-30-23(17)14-25-4/h10-11,13,17-19,23,25,28H,7-9,12,14-16H2,1-6H3/t17-,18-,19-,23+/m1/s1. The van der Waals surface area contributed by atoms with Crippen molar-refractivity contribution in [2.75, 3.05) is 52.3 Å². The molecule has 31 heavy (non-hydrogen) atoms. The lowest BCUT2D eigenvalue weighted by Crippen LogP contribution is -2.47. The number of amides is 1. The van der Waals surface area contributed by atoms with Crippen LogP contribution in [0.3, 0.4) is 0 Å². The molecule has 1 amide bonds. The van der Waals surface area contributed by atoms with Crippen LogP contribution in [-0.2, 0) is 4.74 Å². The molecule has 7 nitrogen and oxygen atoms in total. The van der Waals surface area contributed by atoms with E-state index in [-0.39, 0.29) is 36.7 Å². The highest BCUT2D eigenvalue weighted by Crippen LogP contribution is 2.29. The van der Waals surface area contributed by atoms with E-state index in [0.717, 1.165) is 31.5 Å². The van der Waals surface area contributed by atoms with Crippen molar-refractivity contribution in [2.24, 2.45) is 5.92 Å². The number of carbonyl (C=O) groups excluding carboxylic acids is 1. The lowest BCUT2D eigenvalue weighted by molar-refractivity contribution is -0.000449. The highest BCUT2D eigenvalue weighted by molar-refractivity contribution is 5.98. The van der Waals surface area contributed by atoms with Crippen LogP contribution in [0.2, 0.25) is 0 Å². The van der Waals surface area contributed by atoms with Crippen molar-refractivity contribution < 1.29 is 19.4 Å². The number of benzene rings is 1. The maximum absolute atomic E-state index is 13.8. The predicted molar refractivity (Wildman–Crippen MR) is 125 cm³/mol. The third-order valence-electron chi connectivity index (χ3n) is 5.96. The Hall–Kier alpha value is -1.83. The summed E-state index contributed by atoms with van der Waals surface area (Å²) < 4.78 is 12.4. The van der Waals surface area contributed by atoms with Gasteiger partial charge >= 0.3 is 0 Å². The summed E-state index contributed by atoms with van der Waals surface area (Å²) in [6.45, 7) is 7.83. The lowest BCUT2D eigenvalue weighted by Gasteiger charge is -2.34. The molecule has 7 heteroatoms. The molecule has 1 heterocycles. The number of hydrogen-bond acceptors (Lipinski definition) is 6. The van der Waals surface area contributed by atoms with Gasteiger partial charge in [0.1, 0.15) is 5.75 Å². The monoisotopic (exact) mass is 435 g/mol. The number of nitrogens with zero attached hydrogens (tertiary/aromatic N) is 2. The minimum absolute atomic E-state index is 0.00422. The summed E-state index contributed by atoms with van der Waals surface area (Å²) in [7, 11) is 5.82. The Kier molecular flexibility index (Phi) is 10.1. The Morgan fingerprint density at radius 3 is 2.68 bits per heavy atom. The number of nitrogens with one attached hydrogen (secondary N) is 1. The van der Waals surface area contributed by atoms with Gasteiger partial charge in [-0.25, -0.2) is 0 Å². The number of fused-ring (bicyclic) bond motifs is 1. The number of anilines is 1. The van der Waals surface area contributed by atoms with E-state index in [1.807, 2.05) is 58.1 Å². The molecule has 0 saturated carbocycles. The van der Waals surface area contributed by atoms with Crippen LogP contribution >= 0.6 is 0 Å². The second kappa shape index (κ2) is 12.3. The van der Waals surface area contributed by atoms with Gasteiger partial charge in [-0.1, -0.05) is 6.92 Å². The summed E-state index contributed by atoms with van der Waals surface area (Å²) in [6, 6.07) is 5.44. The van der Waals surface area contributed by atoms with E-state index < -0.39 is 0 Å². The first-order valence-corrected chi connectivity index (χ1v) is 11.4. The van der Waals surface area contributed by atoms with E-state index in [0.29, 0.717) is 24.5 Å².